The molecule has 0 saturated heterocycles. The second-order valence-corrected chi connectivity index (χ2v) is 10.2. The van der Waals surface area contributed by atoms with Gasteiger partial charge in [-0.25, -0.2) is 13.8 Å². The van der Waals surface area contributed by atoms with Gasteiger partial charge in [-0.05, 0) is 67.6 Å². The highest BCUT2D eigenvalue weighted by atomic mass is 35.5. The number of carbonyl (C=O) groups is 1. The second-order valence-electron chi connectivity index (χ2n) is 7.83. The first-order valence-corrected chi connectivity index (χ1v) is 12.7. The van der Waals surface area contributed by atoms with Crippen molar-refractivity contribution < 1.29 is 13.2 Å². The van der Waals surface area contributed by atoms with Crippen molar-refractivity contribution in [3.63, 3.8) is 0 Å². The van der Waals surface area contributed by atoms with Gasteiger partial charge in [0, 0.05) is 16.3 Å². The summed E-state index contributed by atoms with van der Waals surface area (Å²) in [7, 11) is -3.51. The summed E-state index contributed by atoms with van der Waals surface area (Å²) in [6.45, 7) is 0.176. The molecule has 1 amide bonds. The Balaban J connectivity index is 1.70. The van der Waals surface area contributed by atoms with Crippen LogP contribution in [-0.2, 0) is 16.6 Å². The lowest BCUT2D eigenvalue weighted by molar-refractivity contribution is 0.0954. The molecule has 0 aliphatic heterocycles. The fourth-order valence-electron chi connectivity index (χ4n) is 3.55. The standard InChI is InChI=1S/C23H28ClN3O3S/c1-31(29,30)27(17-18-9-13-20(24)14-10-18)22-15-11-19(12-16-22)23(28)26-25-21-7-5-3-2-4-6-8-21/h9-16H,2-8,17H2,1H3,(H,26,28). The molecule has 1 fully saturated rings. The quantitative estimate of drug-likeness (QED) is 0.605. The number of hydrazone groups is 1. The van der Waals surface area contributed by atoms with Crippen LogP contribution in [0, 0.1) is 0 Å². The number of rotatable bonds is 6. The van der Waals surface area contributed by atoms with Gasteiger partial charge in [-0.15, -0.1) is 0 Å². The van der Waals surface area contributed by atoms with Crippen LogP contribution < -0.4 is 9.73 Å². The maximum Gasteiger partial charge on any atom is 0.271 e. The zero-order valence-corrected chi connectivity index (χ0v) is 19.3. The SMILES string of the molecule is CS(=O)(=O)N(Cc1ccc(Cl)cc1)c1ccc(C(=O)NN=C2CCCCCCC2)cc1. The molecule has 2 aromatic rings. The van der Waals surface area contributed by atoms with Gasteiger partial charge in [0.2, 0.25) is 10.0 Å². The molecule has 166 valence electrons. The Labute approximate surface area is 189 Å². The van der Waals surface area contributed by atoms with Crippen LogP contribution in [0.3, 0.4) is 0 Å². The van der Waals surface area contributed by atoms with E-state index in [1.165, 1.54) is 23.6 Å². The van der Waals surface area contributed by atoms with Crippen molar-refractivity contribution in [2.75, 3.05) is 10.6 Å². The lowest BCUT2D eigenvalue weighted by Crippen LogP contribution is -2.29. The monoisotopic (exact) mass is 461 g/mol. The van der Waals surface area contributed by atoms with E-state index in [0.717, 1.165) is 43.2 Å². The van der Waals surface area contributed by atoms with Gasteiger partial charge in [-0.3, -0.25) is 9.10 Å². The van der Waals surface area contributed by atoms with E-state index >= 15 is 0 Å². The molecule has 8 heteroatoms. The van der Waals surface area contributed by atoms with E-state index < -0.39 is 10.0 Å². The van der Waals surface area contributed by atoms with Gasteiger partial charge in [0.1, 0.15) is 0 Å². The number of carbonyl (C=O) groups excluding carboxylic acids is 1. The number of nitrogens with zero attached hydrogens (tertiary/aromatic N) is 2. The zero-order chi connectivity index (χ0) is 22.3. The van der Waals surface area contributed by atoms with Crippen molar-refractivity contribution in [3.05, 3.63) is 64.7 Å². The molecule has 1 saturated carbocycles. The third kappa shape index (κ3) is 7.08. The average molecular weight is 462 g/mol. The van der Waals surface area contributed by atoms with Crippen molar-refractivity contribution in [3.8, 4) is 0 Å². The highest BCUT2D eigenvalue weighted by molar-refractivity contribution is 7.92. The average Bonchev–Trinajstić information content (AvgIpc) is 2.71. The van der Waals surface area contributed by atoms with Gasteiger partial charge in [0.25, 0.3) is 5.91 Å². The van der Waals surface area contributed by atoms with Crippen molar-refractivity contribution >= 4 is 38.9 Å². The normalized spacial score (nSPS) is 15.0. The lowest BCUT2D eigenvalue weighted by atomic mass is 9.99. The molecule has 0 heterocycles. The van der Waals surface area contributed by atoms with Crippen LogP contribution in [0.1, 0.15) is 60.9 Å². The molecule has 0 aromatic heterocycles. The summed E-state index contributed by atoms with van der Waals surface area (Å²) in [5, 5.41) is 4.91. The van der Waals surface area contributed by atoms with E-state index in [0.29, 0.717) is 16.3 Å². The van der Waals surface area contributed by atoms with E-state index in [4.69, 9.17) is 11.6 Å². The van der Waals surface area contributed by atoms with Crippen molar-refractivity contribution in [2.45, 2.75) is 51.5 Å². The maximum atomic E-state index is 12.5. The summed E-state index contributed by atoms with van der Waals surface area (Å²) in [5.41, 5.74) is 5.41. The topological polar surface area (TPSA) is 78.8 Å². The summed E-state index contributed by atoms with van der Waals surface area (Å²) < 4.78 is 26.0. The Kier molecular flexibility index (Phi) is 8.09. The van der Waals surface area contributed by atoms with E-state index in [1.807, 2.05) is 0 Å². The predicted molar refractivity (Wildman–Crippen MR) is 126 cm³/mol. The number of benzene rings is 2. The Bertz CT molecular complexity index is 1010. The number of anilines is 1. The summed E-state index contributed by atoms with van der Waals surface area (Å²) >= 11 is 5.91. The molecule has 6 nitrogen and oxygen atoms in total. The Morgan fingerprint density at radius 2 is 1.55 bits per heavy atom. The van der Waals surface area contributed by atoms with Gasteiger partial charge >= 0.3 is 0 Å². The first-order chi connectivity index (χ1) is 14.8. The molecule has 0 radical (unpaired) electrons. The molecule has 1 aliphatic rings. The Morgan fingerprint density at radius 3 is 2.13 bits per heavy atom. The Morgan fingerprint density at radius 1 is 0.968 bits per heavy atom. The van der Waals surface area contributed by atoms with Crippen LogP contribution in [0.5, 0.6) is 0 Å². The highest BCUT2D eigenvalue weighted by Crippen LogP contribution is 2.22. The largest absolute Gasteiger partial charge is 0.271 e. The van der Waals surface area contributed by atoms with E-state index in [-0.39, 0.29) is 12.5 Å². The summed E-state index contributed by atoms with van der Waals surface area (Å²) in [6.07, 6.45) is 8.92. The molecule has 1 N–H and O–H groups in total. The molecule has 31 heavy (non-hydrogen) atoms. The molecule has 0 unspecified atom stereocenters. The minimum Gasteiger partial charge on any atom is -0.267 e. The lowest BCUT2D eigenvalue weighted by Gasteiger charge is -2.22. The molecule has 0 bridgehead atoms. The Hall–Kier alpha value is -2.38. The fraction of sp³-hybridized carbons (Fsp3) is 0.391. The van der Waals surface area contributed by atoms with Gasteiger partial charge in [-0.2, -0.15) is 5.10 Å². The van der Waals surface area contributed by atoms with Gasteiger partial charge in [0.05, 0.1) is 18.5 Å². The zero-order valence-electron chi connectivity index (χ0n) is 17.7. The van der Waals surface area contributed by atoms with Gasteiger partial charge < -0.3 is 0 Å². The van der Waals surface area contributed by atoms with E-state index in [2.05, 4.69) is 10.5 Å². The fourth-order valence-corrected chi connectivity index (χ4v) is 4.57. The number of hydrogen-bond donors (Lipinski definition) is 1. The summed E-state index contributed by atoms with van der Waals surface area (Å²) in [6, 6.07) is 13.5. The summed E-state index contributed by atoms with van der Waals surface area (Å²) in [4.78, 5) is 12.5. The minimum atomic E-state index is -3.51. The van der Waals surface area contributed by atoms with Crippen molar-refractivity contribution in [1.29, 1.82) is 0 Å². The van der Waals surface area contributed by atoms with E-state index in [1.54, 1.807) is 48.5 Å². The summed E-state index contributed by atoms with van der Waals surface area (Å²) in [5.74, 6) is -0.301. The van der Waals surface area contributed by atoms with Crippen LogP contribution in [-0.4, -0.2) is 26.3 Å². The number of sulfonamides is 1. The smallest absolute Gasteiger partial charge is 0.267 e. The third-order valence-corrected chi connectivity index (χ3v) is 6.70. The molecular formula is C23H28ClN3O3S. The van der Waals surface area contributed by atoms with Crippen LogP contribution in [0.15, 0.2) is 53.6 Å². The van der Waals surface area contributed by atoms with Crippen LogP contribution in [0.4, 0.5) is 5.69 Å². The third-order valence-electron chi connectivity index (χ3n) is 5.30. The maximum absolute atomic E-state index is 12.5. The molecule has 1 aliphatic carbocycles. The molecule has 0 spiro atoms. The van der Waals surface area contributed by atoms with Gasteiger partial charge in [-0.1, -0.05) is 43.0 Å². The van der Waals surface area contributed by atoms with Crippen LogP contribution >= 0.6 is 11.6 Å². The molecule has 3 rings (SSSR count). The van der Waals surface area contributed by atoms with Crippen molar-refractivity contribution in [1.82, 2.24) is 5.43 Å². The predicted octanol–water partition coefficient (Wildman–Crippen LogP) is 5.14. The number of hydrogen-bond acceptors (Lipinski definition) is 4. The minimum absolute atomic E-state index is 0.176. The number of nitrogens with one attached hydrogen (secondary N) is 1. The van der Waals surface area contributed by atoms with Crippen LogP contribution in [0.25, 0.3) is 0 Å². The van der Waals surface area contributed by atoms with E-state index in [9.17, 15) is 13.2 Å². The molecular weight excluding hydrogens is 434 g/mol. The highest BCUT2D eigenvalue weighted by Gasteiger charge is 2.18. The number of halogens is 1. The second kappa shape index (κ2) is 10.8. The number of amides is 1. The first-order valence-electron chi connectivity index (χ1n) is 10.5. The van der Waals surface area contributed by atoms with Gasteiger partial charge in [0.15, 0.2) is 0 Å². The van der Waals surface area contributed by atoms with Crippen molar-refractivity contribution in [2.24, 2.45) is 5.10 Å². The first kappa shape index (κ1) is 23.3. The molecule has 2 aromatic carbocycles. The molecule has 0 atom stereocenters. The van der Waals surface area contributed by atoms with Crippen LogP contribution in [0.2, 0.25) is 5.02 Å².